The second-order valence-electron chi connectivity index (χ2n) is 9.46. The maximum absolute atomic E-state index is 16.5. The lowest BCUT2D eigenvalue weighted by molar-refractivity contribution is -0.137. The number of anilines is 2. The van der Waals surface area contributed by atoms with Gasteiger partial charge in [-0.25, -0.2) is 18.7 Å². The molecule has 0 aliphatic carbocycles. The van der Waals surface area contributed by atoms with Gasteiger partial charge in [0.2, 0.25) is 5.88 Å². The van der Waals surface area contributed by atoms with Crippen molar-refractivity contribution in [3.05, 3.63) is 52.9 Å². The van der Waals surface area contributed by atoms with E-state index in [2.05, 4.69) is 30.1 Å². The summed E-state index contributed by atoms with van der Waals surface area (Å²) in [5.74, 6) is -1.75. The number of nitrogens with two attached hydrogens (primary N) is 1. The molecule has 3 N–H and O–H groups in total. The zero-order valence-corrected chi connectivity index (χ0v) is 21.8. The third kappa shape index (κ3) is 4.19. The Morgan fingerprint density at radius 3 is 2.66 bits per heavy atom. The lowest BCUT2D eigenvalue weighted by atomic mass is 9.94. The molecule has 0 saturated heterocycles. The summed E-state index contributed by atoms with van der Waals surface area (Å²) in [7, 11) is 1.27. The Morgan fingerprint density at radius 2 is 1.93 bits per heavy atom. The van der Waals surface area contributed by atoms with Crippen LogP contribution in [0.4, 0.5) is 33.6 Å². The van der Waals surface area contributed by atoms with E-state index in [0.29, 0.717) is 5.56 Å². The molecule has 10 nitrogen and oxygen atoms in total. The third-order valence-electron chi connectivity index (χ3n) is 7.04. The molecule has 0 saturated carbocycles. The summed E-state index contributed by atoms with van der Waals surface area (Å²) in [5, 5.41) is 6.51. The first-order valence-electron chi connectivity index (χ1n) is 12.3. The quantitative estimate of drug-likeness (QED) is 0.282. The van der Waals surface area contributed by atoms with Crippen LogP contribution in [0.1, 0.15) is 29.7 Å². The molecule has 6 rings (SSSR count). The van der Waals surface area contributed by atoms with E-state index in [9.17, 15) is 17.6 Å². The molecule has 1 atom stereocenters. The predicted octanol–water partition coefficient (Wildman–Crippen LogP) is 5.12. The van der Waals surface area contributed by atoms with E-state index < -0.39 is 40.7 Å². The van der Waals surface area contributed by atoms with Crippen molar-refractivity contribution in [3.8, 4) is 23.1 Å². The first-order valence-corrected chi connectivity index (χ1v) is 12.3. The number of nitrogens with one attached hydrogen (secondary N) is 1. The topological polar surface area (TPSA) is 128 Å². The molecular formula is C26H21F5N8O2. The molecule has 1 unspecified atom stereocenters. The minimum absolute atomic E-state index is 0.00369. The zero-order chi connectivity index (χ0) is 29.2. The van der Waals surface area contributed by atoms with Crippen molar-refractivity contribution in [1.82, 2.24) is 30.1 Å². The summed E-state index contributed by atoms with van der Waals surface area (Å²) < 4.78 is 84.8. The van der Waals surface area contributed by atoms with Crippen molar-refractivity contribution in [2.24, 2.45) is 0 Å². The molecule has 15 heteroatoms. The standard InChI is InChI=1S/C26H21F5N8O2/c1-10-6-15-14(9-34-38-15)16(18(10)26(29,30)31)20-19(28)21-17-23(37-25(36-21)40-3)39(4-5-41-24(17)35-20)11(2)13-7-12(27)8-33-22(13)32/h6-9,11H,4-5H2,1-3H3,(H2,32,33)(H,34,38). The van der Waals surface area contributed by atoms with Crippen LogP contribution >= 0.6 is 0 Å². The molecule has 4 aromatic heterocycles. The number of H-pyrrole nitrogens is 1. The van der Waals surface area contributed by atoms with Crippen LogP contribution in [0.25, 0.3) is 33.1 Å². The van der Waals surface area contributed by atoms with E-state index in [-0.39, 0.29) is 64.0 Å². The molecular weight excluding hydrogens is 551 g/mol. The van der Waals surface area contributed by atoms with Crippen LogP contribution in [-0.4, -0.2) is 50.4 Å². The van der Waals surface area contributed by atoms with E-state index in [1.165, 1.54) is 32.4 Å². The maximum atomic E-state index is 16.5. The molecule has 0 radical (unpaired) electrons. The number of nitrogen functional groups attached to an aromatic ring is 1. The van der Waals surface area contributed by atoms with Gasteiger partial charge in [-0.05, 0) is 31.5 Å². The van der Waals surface area contributed by atoms with Crippen LogP contribution < -0.4 is 20.1 Å². The number of hydrogen-bond acceptors (Lipinski definition) is 9. The van der Waals surface area contributed by atoms with Crippen molar-refractivity contribution >= 4 is 33.4 Å². The Balaban J connectivity index is 1.66. The highest BCUT2D eigenvalue weighted by molar-refractivity contribution is 6.02. The molecule has 1 aromatic carbocycles. The molecule has 5 heterocycles. The summed E-state index contributed by atoms with van der Waals surface area (Å²) in [4.78, 5) is 18.4. The highest BCUT2D eigenvalue weighted by Crippen LogP contribution is 2.47. The van der Waals surface area contributed by atoms with Crippen molar-refractivity contribution in [2.45, 2.75) is 26.1 Å². The van der Waals surface area contributed by atoms with Crippen molar-refractivity contribution < 1.29 is 31.4 Å². The zero-order valence-electron chi connectivity index (χ0n) is 21.8. The van der Waals surface area contributed by atoms with Gasteiger partial charge in [0.15, 0.2) is 5.82 Å². The van der Waals surface area contributed by atoms with Crippen molar-refractivity contribution in [3.63, 3.8) is 0 Å². The van der Waals surface area contributed by atoms with Gasteiger partial charge in [-0.2, -0.15) is 28.2 Å². The molecule has 1 aliphatic rings. The first kappa shape index (κ1) is 26.4. The summed E-state index contributed by atoms with van der Waals surface area (Å²) in [6, 6.07) is 1.61. The molecule has 5 aromatic rings. The Hall–Kier alpha value is -4.82. The summed E-state index contributed by atoms with van der Waals surface area (Å²) in [5.41, 5.74) is 3.90. The molecule has 0 spiro atoms. The second-order valence-corrected chi connectivity index (χ2v) is 9.46. The lowest BCUT2D eigenvalue weighted by Gasteiger charge is -2.30. The molecule has 41 heavy (non-hydrogen) atoms. The van der Waals surface area contributed by atoms with Gasteiger partial charge in [-0.3, -0.25) is 5.10 Å². The van der Waals surface area contributed by atoms with Gasteiger partial charge in [-0.1, -0.05) is 0 Å². The van der Waals surface area contributed by atoms with Crippen LogP contribution in [0.2, 0.25) is 0 Å². The average molecular weight is 572 g/mol. The number of rotatable bonds is 4. The number of nitrogens with zero attached hydrogens (tertiary/aromatic N) is 6. The van der Waals surface area contributed by atoms with Crippen molar-refractivity contribution in [1.29, 1.82) is 0 Å². The summed E-state index contributed by atoms with van der Waals surface area (Å²) in [6.07, 6.45) is -2.69. The molecule has 1 aliphatic heterocycles. The van der Waals surface area contributed by atoms with Gasteiger partial charge in [0, 0.05) is 16.5 Å². The van der Waals surface area contributed by atoms with Crippen LogP contribution in [0.15, 0.2) is 24.5 Å². The maximum Gasteiger partial charge on any atom is 0.417 e. The van der Waals surface area contributed by atoms with Gasteiger partial charge >= 0.3 is 12.2 Å². The Bertz CT molecular complexity index is 1840. The smallest absolute Gasteiger partial charge is 0.417 e. The van der Waals surface area contributed by atoms with Gasteiger partial charge in [0.1, 0.15) is 40.7 Å². The number of ether oxygens (including phenoxy) is 2. The normalized spacial score (nSPS) is 14.3. The minimum Gasteiger partial charge on any atom is -0.475 e. The number of aryl methyl sites for hydroxylation is 1. The van der Waals surface area contributed by atoms with Gasteiger partial charge in [-0.15, -0.1) is 0 Å². The SMILES string of the molecule is COc1nc2c3c(nc(-c4c(C(F)(F)F)c(C)cc5[nH]ncc45)c(F)c3n1)OCCN2C(C)c1cc(F)cnc1N. The fourth-order valence-electron chi connectivity index (χ4n) is 5.20. The number of alkyl halides is 3. The van der Waals surface area contributed by atoms with E-state index in [1.54, 1.807) is 11.8 Å². The van der Waals surface area contributed by atoms with Crippen LogP contribution in [0, 0.1) is 18.6 Å². The van der Waals surface area contributed by atoms with Gasteiger partial charge < -0.3 is 20.1 Å². The lowest BCUT2D eigenvalue weighted by Crippen LogP contribution is -2.31. The van der Waals surface area contributed by atoms with E-state index in [4.69, 9.17) is 15.2 Å². The molecule has 0 fully saturated rings. The minimum atomic E-state index is -4.84. The van der Waals surface area contributed by atoms with E-state index in [1.807, 2.05) is 0 Å². The molecule has 0 bridgehead atoms. The number of benzene rings is 1. The summed E-state index contributed by atoms with van der Waals surface area (Å²) in [6.45, 7) is 3.10. The number of fused-ring (bicyclic) bond motifs is 1. The fraction of sp³-hybridized carbons (Fsp3) is 0.269. The highest BCUT2D eigenvalue weighted by atomic mass is 19.4. The van der Waals surface area contributed by atoms with Crippen LogP contribution in [0.5, 0.6) is 11.9 Å². The van der Waals surface area contributed by atoms with Gasteiger partial charge in [0.05, 0.1) is 43.2 Å². The van der Waals surface area contributed by atoms with E-state index in [0.717, 1.165) is 6.20 Å². The molecule has 0 amide bonds. The van der Waals surface area contributed by atoms with Gasteiger partial charge in [0.25, 0.3) is 0 Å². The first-order chi connectivity index (χ1) is 19.5. The number of methoxy groups -OCH3 is 1. The van der Waals surface area contributed by atoms with Crippen molar-refractivity contribution in [2.75, 3.05) is 30.9 Å². The Kier molecular flexibility index (Phi) is 6.04. The van der Waals surface area contributed by atoms with E-state index >= 15 is 4.39 Å². The molecule has 212 valence electrons. The largest absolute Gasteiger partial charge is 0.475 e. The third-order valence-corrected chi connectivity index (χ3v) is 7.04. The van der Waals surface area contributed by atoms with Crippen LogP contribution in [-0.2, 0) is 6.18 Å². The fourth-order valence-corrected chi connectivity index (χ4v) is 5.20. The number of aromatic nitrogens is 6. The predicted molar refractivity (Wildman–Crippen MR) is 139 cm³/mol. The monoisotopic (exact) mass is 572 g/mol. The number of halogens is 5. The number of hydrogen-bond donors (Lipinski definition) is 2. The van der Waals surface area contributed by atoms with Crippen LogP contribution in [0.3, 0.4) is 0 Å². The highest BCUT2D eigenvalue weighted by Gasteiger charge is 2.39. The number of aromatic amines is 1. The second kappa shape index (κ2) is 9.38. The Morgan fingerprint density at radius 1 is 1.15 bits per heavy atom. The summed E-state index contributed by atoms with van der Waals surface area (Å²) >= 11 is 0. The number of pyridine rings is 2. The Labute approximate surface area is 228 Å². The average Bonchev–Trinajstić information content (AvgIpc) is 3.31.